The maximum Gasteiger partial charge on any atom is 0.261 e. The molecule has 0 bridgehead atoms. The predicted molar refractivity (Wildman–Crippen MR) is 88.5 cm³/mol. The average Bonchev–Trinajstić information content (AvgIpc) is 3.20. The zero-order valence-corrected chi connectivity index (χ0v) is 13.3. The van der Waals surface area contributed by atoms with Crippen molar-refractivity contribution in [2.24, 2.45) is 0 Å². The number of thiazole rings is 1. The van der Waals surface area contributed by atoms with Crippen LogP contribution in [0.3, 0.4) is 0 Å². The van der Waals surface area contributed by atoms with Gasteiger partial charge in [0.05, 0.1) is 34.3 Å². The van der Waals surface area contributed by atoms with Crippen molar-refractivity contribution >= 4 is 28.3 Å². The van der Waals surface area contributed by atoms with E-state index < -0.39 is 0 Å². The molecule has 8 heteroatoms. The third-order valence-corrected chi connectivity index (χ3v) is 4.87. The van der Waals surface area contributed by atoms with Crippen molar-refractivity contribution in [1.29, 1.82) is 0 Å². The number of nitrogens with zero attached hydrogens (tertiary/aromatic N) is 4. The molecule has 1 atom stereocenters. The fourth-order valence-corrected chi connectivity index (χ4v) is 3.59. The Balaban J connectivity index is 2.10. The summed E-state index contributed by atoms with van der Waals surface area (Å²) in [5.74, 6) is 0.174. The van der Waals surface area contributed by atoms with Crippen LogP contribution in [0.4, 0.5) is 5.95 Å². The molecule has 0 radical (unpaired) electrons. The summed E-state index contributed by atoms with van der Waals surface area (Å²) in [7, 11) is 0. The minimum Gasteiger partial charge on any atom is -0.379 e. The van der Waals surface area contributed by atoms with Crippen LogP contribution in [0.1, 0.15) is 18.2 Å². The van der Waals surface area contributed by atoms with E-state index in [9.17, 15) is 4.79 Å². The molecule has 0 aliphatic carbocycles. The van der Waals surface area contributed by atoms with Crippen molar-refractivity contribution in [2.45, 2.75) is 19.4 Å². The fourth-order valence-electron chi connectivity index (χ4n) is 2.96. The molecule has 0 spiro atoms. The van der Waals surface area contributed by atoms with Crippen molar-refractivity contribution in [2.75, 3.05) is 18.9 Å². The number of pyridine rings is 1. The number of hydrogen-bond donors (Lipinski definition) is 1. The highest BCUT2D eigenvalue weighted by atomic mass is 32.1. The lowest BCUT2D eigenvalue weighted by Crippen LogP contribution is -2.27. The zero-order valence-electron chi connectivity index (χ0n) is 12.5. The summed E-state index contributed by atoms with van der Waals surface area (Å²) >= 11 is 1.44. The van der Waals surface area contributed by atoms with Crippen LogP contribution in [-0.4, -0.2) is 32.7 Å². The molecule has 4 rings (SSSR count). The van der Waals surface area contributed by atoms with E-state index in [1.54, 1.807) is 16.3 Å². The summed E-state index contributed by atoms with van der Waals surface area (Å²) in [6.07, 6.45) is 2.49. The van der Waals surface area contributed by atoms with Crippen molar-refractivity contribution in [3.05, 3.63) is 33.8 Å². The van der Waals surface area contributed by atoms with E-state index in [2.05, 4.69) is 15.0 Å². The molecule has 1 saturated heterocycles. The van der Waals surface area contributed by atoms with Gasteiger partial charge in [-0.2, -0.15) is 4.98 Å². The Bertz CT molecular complexity index is 929. The molecule has 4 heterocycles. The largest absolute Gasteiger partial charge is 0.379 e. The Labute approximate surface area is 135 Å². The van der Waals surface area contributed by atoms with Crippen LogP contribution in [-0.2, 0) is 4.74 Å². The number of fused-ring (bicyclic) bond motifs is 1. The minimum atomic E-state index is -0.0882. The number of anilines is 1. The molecule has 0 saturated carbocycles. The van der Waals surface area contributed by atoms with Crippen LogP contribution in [0.15, 0.2) is 22.6 Å². The van der Waals surface area contributed by atoms with Crippen molar-refractivity contribution < 1.29 is 4.74 Å². The normalized spacial score (nSPS) is 17.9. The topological polar surface area (TPSA) is 95.9 Å². The van der Waals surface area contributed by atoms with Crippen molar-refractivity contribution in [3.63, 3.8) is 0 Å². The highest BCUT2D eigenvalue weighted by Gasteiger charge is 2.24. The quantitative estimate of drug-likeness (QED) is 0.770. The number of rotatable bonds is 2. The molecule has 0 aromatic carbocycles. The van der Waals surface area contributed by atoms with E-state index in [0.29, 0.717) is 24.4 Å². The zero-order chi connectivity index (χ0) is 16.0. The van der Waals surface area contributed by atoms with Gasteiger partial charge in [-0.25, -0.2) is 4.98 Å². The molecular formula is C15H15N5O2S. The smallest absolute Gasteiger partial charge is 0.261 e. The molecule has 0 unspecified atom stereocenters. The van der Waals surface area contributed by atoms with Crippen LogP contribution in [0.5, 0.6) is 0 Å². The number of aromatic nitrogens is 4. The average molecular weight is 329 g/mol. The Morgan fingerprint density at radius 1 is 1.43 bits per heavy atom. The first kappa shape index (κ1) is 14.3. The van der Waals surface area contributed by atoms with Gasteiger partial charge in [0.2, 0.25) is 5.95 Å². The summed E-state index contributed by atoms with van der Waals surface area (Å²) in [5.41, 5.74) is 9.37. The van der Waals surface area contributed by atoms with Crippen LogP contribution >= 0.6 is 11.3 Å². The number of aryl methyl sites for hydroxylation is 1. The monoisotopic (exact) mass is 329 g/mol. The third kappa shape index (κ3) is 2.30. The molecule has 3 aromatic rings. The van der Waals surface area contributed by atoms with Gasteiger partial charge in [-0.15, -0.1) is 11.3 Å². The molecule has 7 nitrogen and oxygen atoms in total. The molecule has 1 fully saturated rings. The summed E-state index contributed by atoms with van der Waals surface area (Å²) in [5, 5.41) is 0.828. The van der Waals surface area contributed by atoms with Crippen molar-refractivity contribution in [3.8, 4) is 10.4 Å². The second-order valence-electron chi connectivity index (χ2n) is 5.52. The van der Waals surface area contributed by atoms with E-state index in [1.807, 2.05) is 13.0 Å². The van der Waals surface area contributed by atoms with E-state index in [4.69, 9.17) is 10.5 Å². The van der Waals surface area contributed by atoms with Gasteiger partial charge >= 0.3 is 0 Å². The lowest BCUT2D eigenvalue weighted by molar-refractivity contribution is 0.186. The van der Waals surface area contributed by atoms with Crippen LogP contribution in [0.25, 0.3) is 21.5 Å². The Kier molecular flexibility index (Phi) is 3.35. The second kappa shape index (κ2) is 5.39. The van der Waals surface area contributed by atoms with E-state index in [-0.39, 0.29) is 17.5 Å². The van der Waals surface area contributed by atoms with E-state index >= 15 is 0 Å². The molecule has 2 N–H and O–H groups in total. The highest BCUT2D eigenvalue weighted by Crippen LogP contribution is 2.28. The lowest BCUT2D eigenvalue weighted by atomic mass is 10.1. The fraction of sp³-hybridized carbons (Fsp3) is 0.333. The number of ether oxygens (including phenoxy) is 1. The summed E-state index contributed by atoms with van der Waals surface area (Å²) < 4.78 is 7.17. The first-order chi connectivity index (χ1) is 11.1. The number of hydrogen-bond acceptors (Lipinski definition) is 7. The minimum absolute atomic E-state index is 0.0356. The summed E-state index contributed by atoms with van der Waals surface area (Å²) in [6, 6.07) is 1.80. The van der Waals surface area contributed by atoms with Gasteiger partial charge < -0.3 is 10.5 Å². The van der Waals surface area contributed by atoms with Gasteiger partial charge in [-0.3, -0.25) is 14.3 Å². The van der Waals surface area contributed by atoms with E-state index in [1.165, 1.54) is 11.3 Å². The predicted octanol–water partition coefficient (Wildman–Crippen LogP) is 1.77. The molecular weight excluding hydrogens is 314 g/mol. The molecule has 0 amide bonds. The van der Waals surface area contributed by atoms with Crippen LogP contribution in [0, 0.1) is 6.92 Å². The Morgan fingerprint density at radius 2 is 2.30 bits per heavy atom. The molecule has 1 aliphatic heterocycles. The van der Waals surface area contributed by atoms with Crippen LogP contribution in [0.2, 0.25) is 0 Å². The SMILES string of the molecule is Cc1nc(N)nc2c1cc(-c1cncs1)c(=O)n2[C@H]1CCOC1. The number of nitrogen functional groups attached to an aromatic ring is 1. The van der Waals surface area contributed by atoms with Gasteiger partial charge in [0.15, 0.2) is 0 Å². The molecule has 3 aromatic heterocycles. The Morgan fingerprint density at radius 3 is 3.00 bits per heavy atom. The highest BCUT2D eigenvalue weighted by molar-refractivity contribution is 7.13. The molecule has 1 aliphatic rings. The van der Waals surface area contributed by atoms with Gasteiger partial charge in [0.25, 0.3) is 5.56 Å². The van der Waals surface area contributed by atoms with Gasteiger partial charge in [-0.1, -0.05) is 0 Å². The summed E-state index contributed by atoms with van der Waals surface area (Å²) in [4.78, 5) is 26.5. The van der Waals surface area contributed by atoms with Crippen LogP contribution < -0.4 is 11.3 Å². The van der Waals surface area contributed by atoms with Crippen molar-refractivity contribution in [1.82, 2.24) is 19.5 Å². The second-order valence-corrected chi connectivity index (χ2v) is 6.41. The first-order valence-corrected chi connectivity index (χ1v) is 8.19. The Hall–Kier alpha value is -2.32. The number of nitrogens with two attached hydrogens (primary N) is 1. The maximum absolute atomic E-state index is 13.1. The summed E-state index contributed by atoms with van der Waals surface area (Å²) in [6.45, 7) is 3.02. The first-order valence-electron chi connectivity index (χ1n) is 7.31. The maximum atomic E-state index is 13.1. The molecule has 118 valence electrons. The van der Waals surface area contributed by atoms with Gasteiger partial charge in [-0.05, 0) is 19.4 Å². The molecule has 23 heavy (non-hydrogen) atoms. The standard InChI is InChI=1S/C15H15N5O2S/c1-8-10-4-11(12-5-17-7-23-12)14(21)20(9-2-3-22-6-9)13(10)19-15(16)18-8/h4-5,7,9H,2-3,6H2,1H3,(H2,16,18,19)/t9-/m0/s1. The van der Waals surface area contributed by atoms with Gasteiger partial charge in [0.1, 0.15) is 5.65 Å². The third-order valence-electron chi connectivity index (χ3n) is 4.07. The lowest BCUT2D eigenvalue weighted by Gasteiger charge is -2.17. The van der Waals surface area contributed by atoms with E-state index in [0.717, 1.165) is 22.4 Å². The van der Waals surface area contributed by atoms with Gasteiger partial charge in [0, 0.05) is 18.2 Å².